The van der Waals surface area contributed by atoms with Gasteiger partial charge in [0.05, 0.1) is 14.2 Å². The van der Waals surface area contributed by atoms with Gasteiger partial charge in [0.2, 0.25) is 5.82 Å². The third-order valence-corrected chi connectivity index (χ3v) is 4.72. The monoisotopic (exact) mass is 440 g/mol. The molecular formula is C23H28N4O5. The molecule has 0 spiro atoms. The third-order valence-electron chi connectivity index (χ3n) is 4.72. The first-order valence-electron chi connectivity index (χ1n) is 10.2. The van der Waals surface area contributed by atoms with Crippen LogP contribution in [0.1, 0.15) is 49.9 Å². The molecule has 3 aromatic rings. The van der Waals surface area contributed by atoms with Crippen LogP contribution in [0.15, 0.2) is 36.5 Å². The predicted octanol–water partition coefficient (Wildman–Crippen LogP) is 3.28. The van der Waals surface area contributed by atoms with Crippen LogP contribution in [0.25, 0.3) is 11.2 Å². The van der Waals surface area contributed by atoms with E-state index < -0.39 is 23.5 Å². The van der Waals surface area contributed by atoms with E-state index in [2.05, 4.69) is 15.3 Å². The largest absolute Gasteiger partial charge is 0.497 e. The molecule has 9 heteroatoms. The molecule has 0 unspecified atom stereocenters. The normalized spacial score (nSPS) is 12.3. The molecule has 3 rings (SSSR count). The molecule has 1 N–H and O–H groups in total. The Morgan fingerprint density at radius 2 is 1.91 bits per heavy atom. The average molecular weight is 441 g/mol. The van der Waals surface area contributed by atoms with Gasteiger partial charge in [-0.3, -0.25) is 9.36 Å². The van der Waals surface area contributed by atoms with Crippen molar-refractivity contribution < 1.29 is 23.8 Å². The molecule has 9 nitrogen and oxygen atoms in total. The molecule has 32 heavy (non-hydrogen) atoms. The van der Waals surface area contributed by atoms with Crippen LogP contribution in [-0.2, 0) is 16.1 Å². The van der Waals surface area contributed by atoms with Crippen LogP contribution >= 0.6 is 0 Å². The highest BCUT2D eigenvalue weighted by Gasteiger charge is 2.29. The number of imidazole rings is 1. The maximum absolute atomic E-state index is 13.1. The molecule has 0 saturated heterocycles. The first-order chi connectivity index (χ1) is 15.1. The number of pyridine rings is 1. The van der Waals surface area contributed by atoms with Gasteiger partial charge in [0.15, 0.2) is 5.65 Å². The van der Waals surface area contributed by atoms with Crippen LogP contribution in [0.5, 0.6) is 11.5 Å². The number of nitrogens with one attached hydrogen (secondary N) is 1. The van der Waals surface area contributed by atoms with Gasteiger partial charge < -0.3 is 19.5 Å². The third kappa shape index (κ3) is 4.99. The van der Waals surface area contributed by atoms with Gasteiger partial charge in [-0.2, -0.15) is 0 Å². The van der Waals surface area contributed by atoms with Gasteiger partial charge in [0.25, 0.3) is 5.91 Å². The van der Waals surface area contributed by atoms with E-state index >= 15 is 0 Å². The molecule has 1 aromatic carbocycles. The number of hydrogen-bond acceptors (Lipinski definition) is 7. The van der Waals surface area contributed by atoms with Crippen molar-refractivity contribution in [2.45, 2.75) is 45.9 Å². The highest BCUT2D eigenvalue weighted by atomic mass is 16.6. The molecule has 0 fully saturated rings. The van der Waals surface area contributed by atoms with E-state index in [0.29, 0.717) is 22.7 Å². The van der Waals surface area contributed by atoms with Gasteiger partial charge in [-0.15, -0.1) is 0 Å². The number of fused-ring (bicyclic) bond motifs is 1. The summed E-state index contributed by atoms with van der Waals surface area (Å²) in [7, 11) is 3.12. The Morgan fingerprint density at radius 3 is 2.56 bits per heavy atom. The van der Waals surface area contributed by atoms with Crippen LogP contribution < -0.4 is 14.8 Å². The zero-order chi connectivity index (χ0) is 23.5. The van der Waals surface area contributed by atoms with E-state index in [1.807, 2.05) is 6.07 Å². The Bertz CT molecular complexity index is 1130. The summed E-state index contributed by atoms with van der Waals surface area (Å²) in [5.74, 6) is 0.382. The highest BCUT2D eigenvalue weighted by Crippen LogP contribution is 2.25. The average Bonchev–Trinajstić information content (AvgIpc) is 3.15. The number of aromatic nitrogens is 3. The minimum Gasteiger partial charge on any atom is -0.497 e. The van der Waals surface area contributed by atoms with Gasteiger partial charge >= 0.3 is 5.97 Å². The zero-order valence-corrected chi connectivity index (χ0v) is 19.1. The summed E-state index contributed by atoms with van der Waals surface area (Å²) < 4.78 is 17.6. The second-order valence-electron chi connectivity index (χ2n) is 8.22. The lowest BCUT2D eigenvalue weighted by Gasteiger charge is -2.23. The first kappa shape index (κ1) is 23.1. The Hall–Kier alpha value is -3.62. The fourth-order valence-corrected chi connectivity index (χ4v) is 3.20. The molecule has 0 aliphatic heterocycles. The summed E-state index contributed by atoms with van der Waals surface area (Å²) in [6.07, 6.45) is 1.59. The molecule has 2 heterocycles. The summed E-state index contributed by atoms with van der Waals surface area (Å²) >= 11 is 0. The number of hydrogen-bond donors (Lipinski definition) is 1. The molecule has 0 aliphatic carbocycles. The summed E-state index contributed by atoms with van der Waals surface area (Å²) in [6.45, 7) is 7.23. The Balaban J connectivity index is 1.90. The summed E-state index contributed by atoms with van der Waals surface area (Å²) in [5, 5.41) is 2.85. The maximum Gasteiger partial charge on any atom is 0.329 e. The maximum atomic E-state index is 13.1. The molecule has 0 aliphatic rings. The number of ether oxygens (including phenoxy) is 3. The summed E-state index contributed by atoms with van der Waals surface area (Å²) in [5.41, 5.74) is 1.04. The van der Waals surface area contributed by atoms with E-state index in [1.54, 1.807) is 72.4 Å². The van der Waals surface area contributed by atoms with E-state index in [4.69, 9.17) is 14.2 Å². The summed E-state index contributed by atoms with van der Waals surface area (Å²) in [6, 6.07) is 8.00. The van der Waals surface area contributed by atoms with Gasteiger partial charge in [0, 0.05) is 24.4 Å². The van der Waals surface area contributed by atoms with Crippen molar-refractivity contribution in [2.24, 2.45) is 0 Å². The summed E-state index contributed by atoms with van der Waals surface area (Å²) in [4.78, 5) is 34.6. The number of rotatable bonds is 7. The molecule has 1 atom stereocenters. The molecule has 0 radical (unpaired) electrons. The van der Waals surface area contributed by atoms with Gasteiger partial charge in [-0.05, 0) is 52.0 Å². The lowest BCUT2D eigenvalue weighted by Crippen LogP contribution is -2.32. The van der Waals surface area contributed by atoms with Crippen LogP contribution in [-0.4, -0.2) is 46.2 Å². The lowest BCUT2D eigenvalue weighted by atomic mass is 10.2. The number of amides is 1. The minimum absolute atomic E-state index is 0.0736. The van der Waals surface area contributed by atoms with E-state index in [9.17, 15) is 9.59 Å². The zero-order valence-electron chi connectivity index (χ0n) is 19.1. The van der Waals surface area contributed by atoms with Crippen molar-refractivity contribution in [2.75, 3.05) is 14.2 Å². The van der Waals surface area contributed by atoms with E-state index in [0.717, 1.165) is 5.56 Å². The van der Waals surface area contributed by atoms with Crippen LogP contribution in [0, 0.1) is 0 Å². The van der Waals surface area contributed by atoms with Crippen molar-refractivity contribution >= 4 is 23.0 Å². The second-order valence-corrected chi connectivity index (χ2v) is 8.22. The van der Waals surface area contributed by atoms with Gasteiger partial charge in [-0.1, -0.05) is 0 Å². The topological polar surface area (TPSA) is 105 Å². The molecule has 0 bridgehead atoms. The number of carbonyl (C=O) groups excluding carboxylic acids is 2. The number of esters is 1. The van der Waals surface area contributed by atoms with E-state index in [1.165, 1.54) is 4.57 Å². The molecular weight excluding hydrogens is 412 g/mol. The van der Waals surface area contributed by atoms with Gasteiger partial charge in [0.1, 0.15) is 28.7 Å². The predicted molar refractivity (Wildman–Crippen MR) is 119 cm³/mol. The number of methoxy groups -OCH3 is 2. The fraction of sp³-hybridized carbons (Fsp3) is 0.391. The highest BCUT2D eigenvalue weighted by molar-refractivity contribution is 5.95. The molecule has 0 saturated carbocycles. The standard InChI is InChI=1S/C23H28N4O5/c1-14(22(29)32-23(2,3)4)27-19-17(8-7-11-24-19)26-20(27)21(28)25-13-15-9-10-16(30-5)12-18(15)31-6/h7-12,14H,13H2,1-6H3,(H,25,28)/t14-/m0/s1. The minimum atomic E-state index is -0.801. The van der Waals surface area contributed by atoms with Crippen molar-refractivity contribution in [1.29, 1.82) is 0 Å². The molecule has 170 valence electrons. The molecule has 2 aromatic heterocycles. The first-order valence-corrected chi connectivity index (χ1v) is 10.2. The molecule has 1 amide bonds. The van der Waals surface area contributed by atoms with Gasteiger partial charge in [-0.25, -0.2) is 14.8 Å². The number of nitrogens with zero attached hydrogens (tertiary/aromatic N) is 3. The fourth-order valence-electron chi connectivity index (χ4n) is 3.20. The van der Waals surface area contributed by atoms with Crippen molar-refractivity contribution in [1.82, 2.24) is 19.9 Å². The van der Waals surface area contributed by atoms with Crippen molar-refractivity contribution in [3.8, 4) is 11.5 Å². The van der Waals surface area contributed by atoms with Crippen LogP contribution in [0.2, 0.25) is 0 Å². The van der Waals surface area contributed by atoms with Crippen molar-refractivity contribution in [3.63, 3.8) is 0 Å². The SMILES string of the molecule is COc1ccc(CNC(=O)c2nc3cccnc3n2[C@@H](C)C(=O)OC(C)(C)C)c(OC)c1. The van der Waals surface area contributed by atoms with Crippen LogP contribution in [0.4, 0.5) is 0 Å². The Labute approximate surface area is 186 Å². The smallest absolute Gasteiger partial charge is 0.329 e. The Morgan fingerprint density at radius 1 is 1.16 bits per heavy atom. The quantitative estimate of drug-likeness (QED) is 0.562. The number of benzene rings is 1. The van der Waals surface area contributed by atoms with Crippen LogP contribution in [0.3, 0.4) is 0 Å². The Kier molecular flexibility index (Phi) is 6.67. The number of carbonyl (C=O) groups is 2. The van der Waals surface area contributed by atoms with E-state index in [-0.39, 0.29) is 12.4 Å². The van der Waals surface area contributed by atoms with Crippen molar-refractivity contribution in [3.05, 3.63) is 47.9 Å². The lowest BCUT2D eigenvalue weighted by molar-refractivity contribution is -0.158. The second kappa shape index (κ2) is 9.25.